The maximum absolute atomic E-state index is 14.8. The summed E-state index contributed by atoms with van der Waals surface area (Å²) in [4.78, 5) is 58.7. The van der Waals surface area contributed by atoms with Crippen LogP contribution in [0.4, 0.5) is 0 Å². The zero-order valence-electron chi connectivity index (χ0n) is 27.0. The molecule has 0 radical (unpaired) electrons. The third-order valence-electron chi connectivity index (χ3n) is 10.3. The van der Waals surface area contributed by atoms with Crippen LogP contribution < -0.4 is 5.32 Å². The SMILES string of the molecule is C=CCCC(=O)NC[C@@H](C)OC(=O)[C@@H]1[C@H]2C(=O)N([C@@H](CO)Cc3ccccc3)[C@H](C(=O)N(CC=C)C3CCCCC3)[C@]23CC[C@H]1O3. The van der Waals surface area contributed by atoms with E-state index < -0.39 is 47.7 Å². The van der Waals surface area contributed by atoms with Crippen molar-refractivity contribution in [1.82, 2.24) is 15.1 Å². The van der Waals surface area contributed by atoms with Crippen molar-refractivity contribution in [3.8, 4) is 0 Å². The van der Waals surface area contributed by atoms with Gasteiger partial charge in [-0.3, -0.25) is 19.2 Å². The van der Waals surface area contributed by atoms with Crippen molar-refractivity contribution in [2.75, 3.05) is 19.7 Å². The molecule has 7 atom stereocenters. The fraction of sp³-hybridized carbons (Fsp3) is 0.611. The summed E-state index contributed by atoms with van der Waals surface area (Å²) in [5.74, 6) is -3.10. The predicted octanol–water partition coefficient (Wildman–Crippen LogP) is 3.33. The van der Waals surface area contributed by atoms with Gasteiger partial charge in [0, 0.05) is 19.0 Å². The molecular formula is C36H49N3O7. The Morgan fingerprint density at radius 3 is 2.57 bits per heavy atom. The highest BCUT2D eigenvalue weighted by molar-refractivity contribution is 5.98. The fourth-order valence-corrected chi connectivity index (χ4v) is 8.17. The molecule has 1 aromatic rings. The molecular weight excluding hydrogens is 586 g/mol. The number of benzene rings is 1. The minimum atomic E-state index is -1.21. The lowest BCUT2D eigenvalue weighted by Crippen LogP contribution is -2.60. The summed E-state index contributed by atoms with van der Waals surface area (Å²) in [6, 6.07) is 7.93. The van der Waals surface area contributed by atoms with Gasteiger partial charge in [-0.25, -0.2) is 0 Å². The van der Waals surface area contributed by atoms with Gasteiger partial charge in [0.2, 0.25) is 17.7 Å². The third kappa shape index (κ3) is 6.65. The highest BCUT2D eigenvalue weighted by atomic mass is 16.6. The number of aliphatic hydroxyl groups excluding tert-OH is 1. The van der Waals surface area contributed by atoms with Crippen LogP contribution in [0.15, 0.2) is 55.6 Å². The van der Waals surface area contributed by atoms with Crippen molar-refractivity contribution in [1.29, 1.82) is 0 Å². The van der Waals surface area contributed by atoms with Crippen LogP contribution in [0.5, 0.6) is 0 Å². The number of aliphatic hydroxyl groups is 1. The van der Waals surface area contributed by atoms with Crippen LogP contribution in [-0.2, 0) is 35.1 Å². The molecule has 0 unspecified atom stereocenters. The number of nitrogens with one attached hydrogen (secondary N) is 1. The molecule has 1 spiro atoms. The molecule has 5 rings (SSSR count). The number of ether oxygens (including phenoxy) is 2. The summed E-state index contributed by atoms with van der Waals surface area (Å²) >= 11 is 0. The number of likely N-dealkylation sites (tertiary alicyclic amines) is 1. The summed E-state index contributed by atoms with van der Waals surface area (Å²) in [6.45, 7) is 9.38. The Labute approximate surface area is 272 Å². The molecule has 10 heteroatoms. The Bertz CT molecular complexity index is 1280. The molecule has 0 aromatic heterocycles. The van der Waals surface area contributed by atoms with Gasteiger partial charge in [-0.15, -0.1) is 13.2 Å². The molecule has 10 nitrogen and oxygen atoms in total. The molecule has 3 aliphatic heterocycles. The first-order valence-electron chi connectivity index (χ1n) is 16.9. The fourth-order valence-electron chi connectivity index (χ4n) is 8.17. The van der Waals surface area contributed by atoms with E-state index in [0.717, 1.165) is 37.7 Å². The highest BCUT2D eigenvalue weighted by Gasteiger charge is 2.75. The Kier molecular flexibility index (Phi) is 11.0. The Morgan fingerprint density at radius 2 is 1.89 bits per heavy atom. The van der Waals surface area contributed by atoms with Gasteiger partial charge in [0.05, 0.1) is 37.1 Å². The third-order valence-corrected chi connectivity index (χ3v) is 10.3. The maximum Gasteiger partial charge on any atom is 0.312 e. The lowest BCUT2D eigenvalue weighted by atomic mass is 9.70. The average molecular weight is 636 g/mol. The Morgan fingerprint density at radius 1 is 1.15 bits per heavy atom. The van der Waals surface area contributed by atoms with Crippen LogP contribution in [-0.4, -0.2) is 94.2 Å². The first-order valence-corrected chi connectivity index (χ1v) is 16.9. The van der Waals surface area contributed by atoms with E-state index in [0.29, 0.717) is 38.6 Å². The summed E-state index contributed by atoms with van der Waals surface area (Å²) in [7, 11) is 0. The van der Waals surface area contributed by atoms with Crippen LogP contribution >= 0.6 is 0 Å². The topological polar surface area (TPSA) is 125 Å². The lowest BCUT2D eigenvalue weighted by Gasteiger charge is -2.42. The van der Waals surface area contributed by atoms with E-state index in [1.807, 2.05) is 35.2 Å². The zero-order chi connectivity index (χ0) is 32.8. The van der Waals surface area contributed by atoms with Gasteiger partial charge in [0.25, 0.3) is 0 Å². The standard InChI is InChI=1S/C36H49N3O7/c1-4-6-17-29(41)37-22-24(3)45-35(44)30-28-18-19-36(46-28)31(30)33(42)39(27(23-40)21-25-13-9-7-10-14-25)32(36)34(43)38(20-5-2)26-15-11-8-12-16-26/h4-5,7,9-10,13-14,24,26-28,30-32,40H,1-2,6,8,11-12,15-23H2,3H3,(H,37,41)/t24-,27-,28-,30+,31+,32-,36+/m1/s1. The number of rotatable bonds is 15. The molecule has 3 amide bonds. The second-order valence-corrected chi connectivity index (χ2v) is 13.3. The second-order valence-electron chi connectivity index (χ2n) is 13.3. The quantitative estimate of drug-likeness (QED) is 0.224. The smallest absolute Gasteiger partial charge is 0.312 e. The predicted molar refractivity (Wildman–Crippen MR) is 172 cm³/mol. The van der Waals surface area contributed by atoms with E-state index in [-0.39, 0.29) is 36.9 Å². The van der Waals surface area contributed by atoms with Gasteiger partial charge < -0.3 is 29.7 Å². The minimum absolute atomic E-state index is 0.0234. The summed E-state index contributed by atoms with van der Waals surface area (Å²) < 4.78 is 12.4. The van der Waals surface area contributed by atoms with Crippen LogP contribution in [0, 0.1) is 11.8 Å². The van der Waals surface area contributed by atoms with E-state index in [1.165, 1.54) is 0 Å². The zero-order valence-corrected chi connectivity index (χ0v) is 27.0. The monoisotopic (exact) mass is 635 g/mol. The van der Waals surface area contributed by atoms with Crippen molar-refractivity contribution in [2.24, 2.45) is 11.8 Å². The number of nitrogens with zero attached hydrogens (tertiary/aromatic N) is 2. The highest BCUT2D eigenvalue weighted by Crippen LogP contribution is 2.59. The van der Waals surface area contributed by atoms with Crippen molar-refractivity contribution in [3.05, 3.63) is 61.2 Å². The average Bonchev–Trinajstić information content (AvgIpc) is 3.72. The second kappa shape index (κ2) is 14.9. The molecule has 46 heavy (non-hydrogen) atoms. The molecule has 250 valence electrons. The van der Waals surface area contributed by atoms with Crippen LogP contribution in [0.25, 0.3) is 0 Å². The first-order chi connectivity index (χ1) is 22.2. The summed E-state index contributed by atoms with van der Waals surface area (Å²) in [6.07, 6.45) is 9.31. The lowest BCUT2D eigenvalue weighted by molar-refractivity contribution is -0.160. The van der Waals surface area contributed by atoms with Crippen molar-refractivity contribution < 1.29 is 33.8 Å². The van der Waals surface area contributed by atoms with Gasteiger partial charge >= 0.3 is 5.97 Å². The molecule has 2 N–H and O–H groups in total. The van der Waals surface area contributed by atoms with E-state index in [2.05, 4.69) is 18.5 Å². The number of esters is 1. The van der Waals surface area contributed by atoms with E-state index in [9.17, 15) is 24.3 Å². The molecule has 2 bridgehead atoms. The number of carbonyl (C=O) groups is 4. The van der Waals surface area contributed by atoms with Gasteiger partial charge in [0.15, 0.2) is 0 Å². The number of allylic oxidation sites excluding steroid dienone is 1. The van der Waals surface area contributed by atoms with Gasteiger partial charge in [-0.2, -0.15) is 0 Å². The molecule has 1 aliphatic carbocycles. The van der Waals surface area contributed by atoms with Crippen LogP contribution in [0.2, 0.25) is 0 Å². The van der Waals surface area contributed by atoms with E-state index in [4.69, 9.17) is 9.47 Å². The minimum Gasteiger partial charge on any atom is -0.460 e. The first kappa shape index (κ1) is 33.9. The van der Waals surface area contributed by atoms with Crippen molar-refractivity contribution >= 4 is 23.7 Å². The largest absolute Gasteiger partial charge is 0.460 e. The number of hydrogen-bond acceptors (Lipinski definition) is 7. The van der Waals surface area contributed by atoms with Crippen molar-refractivity contribution in [3.63, 3.8) is 0 Å². The number of fused-ring (bicyclic) bond motifs is 1. The molecule has 4 aliphatic rings. The van der Waals surface area contributed by atoms with E-state index in [1.54, 1.807) is 24.0 Å². The van der Waals surface area contributed by atoms with Gasteiger partial charge in [-0.05, 0) is 51.0 Å². The Balaban J connectivity index is 1.45. The number of hydrogen-bond donors (Lipinski definition) is 2. The summed E-state index contributed by atoms with van der Waals surface area (Å²) in [5, 5.41) is 13.5. The molecule has 3 saturated heterocycles. The van der Waals surface area contributed by atoms with Gasteiger partial charge in [0.1, 0.15) is 17.7 Å². The molecule has 1 saturated carbocycles. The normalized spacial score (nSPS) is 28.3. The molecule has 3 heterocycles. The number of carbonyl (C=O) groups excluding carboxylic acids is 4. The van der Waals surface area contributed by atoms with Gasteiger partial charge in [-0.1, -0.05) is 61.7 Å². The number of amides is 3. The molecule has 1 aromatic carbocycles. The van der Waals surface area contributed by atoms with Crippen LogP contribution in [0.3, 0.4) is 0 Å². The van der Waals surface area contributed by atoms with Crippen molar-refractivity contribution in [2.45, 2.75) is 107 Å². The van der Waals surface area contributed by atoms with Crippen LogP contribution in [0.1, 0.15) is 70.3 Å². The maximum atomic E-state index is 14.8. The summed E-state index contributed by atoms with van der Waals surface area (Å²) in [5.41, 5.74) is -0.279. The Hall–Kier alpha value is -3.50. The van der Waals surface area contributed by atoms with E-state index >= 15 is 0 Å². The molecule has 4 fully saturated rings.